The molecule has 0 aliphatic carbocycles. The Bertz CT molecular complexity index is 627. The lowest BCUT2D eigenvalue weighted by atomic mass is 10.2. The molecule has 8 heteroatoms. The van der Waals surface area contributed by atoms with Crippen molar-refractivity contribution in [1.82, 2.24) is 0 Å². The molecule has 1 fully saturated rings. The summed E-state index contributed by atoms with van der Waals surface area (Å²) in [5.74, 6) is -2.80. The summed E-state index contributed by atoms with van der Waals surface area (Å²) < 4.78 is 9.91. The molecule has 22 heavy (non-hydrogen) atoms. The maximum atomic E-state index is 11.7. The first-order valence-corrected chi connectivity index (χ1v) is 6.37. The second kappa shape index (κ2) is 5.76. The van der Waals surface area contributed by atoms with Gasteiger partial charge in [-0.1, -0.05) is 0 Å². The second-order valence-corrected chi connectivity index (χ2v) is 4.95. The van der Waals surface area contributed by atoms with E-state index in [1.54, 1.807) is 24.3 Å². The van der Waals surface area contributed by atoms with Gasteiger partial charge in [0.05, 0.1) is 0 Å². The smallest absolute Gasteiger partial charge is 0.350 e. The molecule has 1 heterocycles. The predicted octanol–water partition coefficient (Wildman–Crippen LogP) is 1.31. The molecule has 0 spiro atoms. The number of hydrogen-bond acceptors (Lipinski definition) is 6. The van der Waals surface area contributed by atoms with Crippen LogP contribution in [-0.4, -0.2) is 23.8 Å². The second-order valence-electron chi connectivity index (χ2n) is 4.95. The molecule has 1 aliphatic heterocycles. The summed E-state index contributed by atoms with van der Waals surface area (Å²) in [5.41, 5.74) is 5.86. The number of primary amides is 1. The van der Waals surface area contributed by atoms with Crippen molar-refractivity contribution in [3.8, 4) is 0 Å². The zero-order valence-corrected chi connectivity index (χ0v) is 12.0. The molecule has 8 nitrogen and oxygen atoms in total. The van der Waals surface area contributed by atoms with E-state index < -0.39 is 23.8 Å². The number of anilines is 2. The van der Waals surface area contributed by atoms with Crippen LogP contribution in [0, 0.1) is 0 Å². The molecule has 116 valence electrons. The van der Waals surface area contributed by atoms with Gasteiger partial charge in [-0.05, 0) is 24.3 Å². The molecular formula is C14H15N3O5. The minimum absolute atomic E-state index is 0.237. The summed E-state index contributed by atoms with van der Waals surface area (Å²) in [6.07, 6.45) is 1.20. The Balaban J connectivity index is 2.06. The summed E-state index contributed by atoms with van der Waals surface area (Å²) >= 11 is 0. The zero-order chi connectivity index (χ0) is 16.3. The van der Waals surface area contributed by atoms with Crippen LogP contribution >= 0.6 is 0 Å². The first-order valence-electron chi connectivity index (χ1n) is 6.37. The maximum absolute atomic E-state index is 11.7. The summed E-state index contributed by atoms with van der Waals surface area (Å²) in [5, 5.41) is 5.18. The molecule has 0 bridgehead atoms. The average Bonchev–Trinajstić information content (AvgIpc) is 2.37. The Morgan fingerprint density at radius 1 is 1.09 bits per heavy atom. The number of carbonyl (C=O) groups excluding carboxylic acids is 3. The molecule has 0 aromatic heterocycles. The molecule has 0 saturated carbocycles. The van der Waals surface area contributed by atoms with E-state index in [0.29, 0.717) is 11.4 Å². The van der Waals surface area contributed by atoms with Gasteiger partial charge in [0.2, 0.25) is 0 Å². The fourth-order valence-electron chi connectivity index (χ4n) is 1.73. The van der Waals surface area contributed by atoms with E-state index in [2.05, 4.69) is 10.6 Å². The van der Waals surface area contributed by atoms with Crippen molar-refractivity contribution in [2.75, 3.05) is 10.6 Å². The zero-order valence-electron chi connectivity index (χ0n) is 12.0. The van der Waals surface area contributed by atoms with E-state index in [1.807, 2.05) is 0 Å². The Labute approximate surface area is 126 Å². The minimum atomic E-state index is -1.27. The van der Waals surface area contributed by atoms with E-state index in [9.17, 15) is 14.4 Å². The van der Waals surface area contributed by atoms with Crippen LogP contribution < -0.4 is 16.4 Å². The van der Waals surface area contributed by atoms with Gasteiger partial charge in [-0.15, -0.1) is 0 Å². The highest BCUT2D eigenvalue weighted by molar-refractivity contribution is 6.15. The summed E-state index contributed by atoms with van der Waals surface area (Å²) in [6.45, 7) is 2.94. The van der Waals surface area contributed by atoms with Crippen LogP contribution in [0.5, 0.6) is 0 Å². The molecule has 4 N–H and O–H groups in total. The van der Waals surface area contributed by atoms with E-state index in [4.69, 9.17) is 15.2 Å². The normalized spacial score (nSPS) is 16.4. The highest BCUT2D eigenvalue weighted by Gasteiger charge is 2.38. The summed E-state index contributed by atoms with van der Waals surface area (Å²) in [6, 6.07) is 5.80. The monoisotopic (exact) mass is 305 g/mol. The maximum Gasteiger partial charge on any atom is 0.350 e. The molecule has 2 rings (SSSR count). The van der Waals surface area contributed by atoms with Gasteiger partial charge in [-0.25, -0.2) is 14.4 Å². The van der Waals surface area contributed by atoms with Crippen LogP contribution in [0.15, 0.2) is 36.0 Å². The van der Waals surface area contributed by atoms with E-state index in [1.165, 1.54) is 20.0 Å². The van der Waals surface area contributed by atoms with E-state index in [0.717, 1.165) is 0 Å². The van der Waals surface area contributed by atoms with Crippen molar-refractivity contribution >= 4 is 29.3 Å². The van der Waals surface area contributed by atoms with Crippen LogP contribution in [0.1, 0.15) is 13.8 Å². The number of esters is 2. The highest BCUT2D eigenvalue weighted by atomic mass is 16.7. The number of cyclic esters (lactones) is 2. The summed E-state index contributed by atoms with van der Waals surface area (Å²) in [4.78, 5) is 34.1. The fourth-order valence-corrected chi connectivity index (χ4v) is 1.73. The molecular weight excluding hydrogens is 290 g/mol. The van der Waals surface area contributed by atoms with Crippen LogP contribution in [0.2, 0.25) is 0 Å². The van der Waals surface area contributed by atoms with Crippen LogP contribution in [0.25, 0.3) is 0 Å². The van der Waals surface area contributed by atoms with Crippen molar-refractivity contribution < 1.29 is 23.9 Å². The molecule has 1 aliphatic rings. The van der Waals surface area contributed by atoms with E-state index in [-0.39, 0.29) is 5.57 Å². The number of carbonyl (C=O) groups is 3. The van der Waals surface area contributed by atoms with Gasteiger partial charge >= 0.3 is 18.0 Å². The molecule has 0 atom stereocenters. The van der Waals surface area contributed by atoms with Gasteiger partial charge in [0.1, 0.15) is 0 Å². The molecule has 1 aromatic carbocycles. The predicted molar refractivity (Wildman–Crippen MR) is 77.6 cm³/mol. The topological polar surface area (TPSA) is 120 Å². The number of nitrogens with two attached hydrogens (primary N) is 1. The minimum Gasteiger partial charge on any atom is -0.419 e. The SMILES string of the molecule is CC1(C)OC(=O)C(=CNc2ccc(NC(N)=O)cc2)C(=O)O1. The number of amides is 2. The number of ether oxygens (including phenoxy) is 2. The highest BCUT2D eigenvalue weighted by Crippen LogP contribution is 2.23. The van der Waals surface area contributed by atoms with Gasteiger partial charge < -0.3 is 25.8 Å². The molecule has 1 saturated heterocycles. The van der Waals surface area contributed by atoms with Crippen LogP contribution in [0.4, 0.5) is 16.2 Å². The first kappa shape index (κ1) is 15.4. The molecule has 0 radical (unpaired) electrons. The Morgan fingerprint density at radius 3 is 2.09 bits per heavy atom. The third-order valence-electron chi connectivity index (χ3n) is 2.65. The largest absolute Gasteiger partial charge is 0.419 e. The van der Waals surface area contributed by atoms with Gasteiger partial charge in [-0.3, -0.25) is 0 Å². The Hall–Kier alpha value is -3.03. The van der Waals surface area contributed by atoms with Gasteiger partial charge in [0, 0.05) is 31.4 Å². The number of benzene rings is 1. The van der Waals surface area contributed by atoms with Crippen LogP contribution in [0.3, 0.4) is 0 Å². The van der Waals surface area contributed by atoms with Gasteiger partial charge in [-0.2, -0.15) is 0 Å². The summed E-state index contributed by atoms with van der Waals surface area (Å²) in [7, 11) is 0. The number of urea groups is 1. The van der Waals surface area contributed by atoms with Crippen molar-refractivity contribution in [3.63, 3.8) is 0 Å². The molecule has 2 amide bonds. The quantitative estimate of drug-likeness (QED) is 0.440. The lowest BCUT2D eigenvalue weighted by molar-refractivity contribution is -0.222. The Kier molecular flexibility index (Phi) is 4.02. The van der Waals surface area contributed by atoms with Crippen molar-refractivity contribution in [1.29, 1.82) is 0 Å². The Morgan fingerprint density at radius 2 is 1.59 bits per heavy atom. The standard InChI is InChI=1S/C14H15N3O5/c1-14(2)21-11(18)10(12(19)22-14)7-16-8-3-5-9(6-4-8)17-13(15)20/h3-7,16H,1-2H3,(H3,15,17,20). The number of hydrogen-bond donors (Lipinski definition) is 3. The lowest BCUT2D eigenvalue weighted by Gasteiger charge is -2.29. The van der Waals surface area contributed by atoms with Crippen LogP contribution in [-0.2, 0) is 19.1 Å². The van der Waals surface area contributed by atoms with E-state index >= 15 is 0 Å². The fraction of sp³-hybridized carbons (Fsp3) is 0.214. The van der Waals surface area contributed by atoms with Crippen molar-refractivity contribution in [3.05, 3.63) is 36.0 Å². The third-order valence-corrected chi connectivity index (χ3v) is 2.65. The number of nitrogens with one attached hydrogen (secondary N) is 2. The lowest BCUT2D eigenvalue weighted by Crippen LogP contribution is -2.42. The molecule has 0 unspecified atom stereocenters. The van der Waals surface area contributed by atoms with Crippen molar-refractivity contribution in [2.45, 2.75) is 19.6 Å². The first-order chi connectivity index (χ1) is 10.3. The van der Waals surface area contributed by atoms with Gasteiger partial charge in [0.25, 0.3) is 5.79 Å². The average molecular weight is 305 g/mol. The number of rotatable bonds is 3. The third kappa shape index (κ3) is 3.75. The van der Waals surface area contributed by atoms with Gasteiger partial charge in [0.15, 0.2) is 5.57 Å². The molecule has 1 aromatic rings. The van der Waals surface area contributed by atoms with Crippen molar-refractivity contribution in [2.24, 2.45) is 5.73 Å².